The first-order valence-electron chi connectivity index (χ1n) is 12.7. The Morgan fingerprint density at radius 2 is 1.97 bits per heavy atom. The van der Waals surface area contributed by atoms with Gasteiger partial charge in [-0.2, -0.15) is 0 Å². The molecule has 4 aromatic rings. The van der Waals surface area contributed by atoms with Crippen LogP contribution in [0.5, 0.6) is 5.75 Å². The number of carbonyl (C=O) groups is 1. The van der Waals surface area contributed by atoms with Gasteiger partial charge in [-0.05, 0) is 68.5 Å². The summed E-state index contributed by atoms with van der Waals surface area (Å²) in [6.45, 7) is 4.33. The molecule has 8 nitrogen and oxygen atoms in total. The standard InChI is InChI=1S/C28H29ClN4O4/c1-17-21-13-19(3-6-25(21)37-31-17)23-16-32(15-18-9-11-36-12-10-18)28(30-23)24-5-8-27(34)33(24)20-4-7-26(35-2)22(29)14-20/h3-4,6-7,13-14,16,18,24H,5,8-12,15H2,1-2H3/t24-/m0/s1. The lowest BCUT2D eigenvalue weighted by Crippen LogP contribution is -2.30. The Balaban J connectivity index is 1.41. The molecular formula is C28H29ClN4O4. The smallest absolute Gasteiger partial charge is 0.227 e. The van der Waals surface area contributed by atoms with Crippen molar-refractivity contribution in [2.75, 3.05) is 25.2 Å². The number of carbonyl (C=O) groups excluding carboxylic acids is 1. The third-order valence-electron chi connectivity index (χ3n) is 7.47. The number of imidazole rings is 1. The number of aromatic nitrogens is 3. The molecule has 0 aliphatic carbocycles. The maximum absolute atomic E-state index is 13.1. The van der Waals surface area contributed by atoms with E-state index in [9.17, 15) is 4.79 Å². The lowest BCUT2D eigenvalue weighted by atomic mass is 10.00. The van der Waals surface area contributed by atoms with Crippen molar-refractivity contribution in [2.45, 2.75) is 45.2 Å². The highest BCUT2D eigenvalue weighted by molar-refractivity contribution is 6.32. The van der Waals surface area contributed by atoms with Crippen LogP contribution >= 0.6 is 11.6 Å². The van der Waals surface area contributed by atoms with E-state index in [-0.39, 0.29) is 11.9 Å². The third-order valence-corrected chi connectivity index (χ3v) is 7.77. The largest absolute Gasteiger partial charge is 0.495 e. The molecule has 4 heterocycles. The minimum atomic E-state index is -0.188. The Morgan fingerprint density at radius 1 is 1.14 bits per heavy atom. The van der Waals surface area contributed by atoms with Crippen LogP contribution < -0.4 is 9.64 Å². The summed E-state index contributed by atoms with van der Waals surface area (Å²) in [5.41, 5.74) is 4.22. The van der Waals surface area contributed by atoms with Gasteiger partial charge in [0.1, 0.15) is 11.6 Å². The van der Waals surface area contributed by atoms with Gasteiger partial charge in [0.2, 0.25) is 5.91 Å². The maximum Gasteiger partial charge on any atom is 0.227 e. The highest BCUT2D eigenvalue weighted by Crippen LogP contribution is 2.40. The van der Waals surface area contributed by atoms with Crippen molar-refractivity contribution >= 4 is 34.2 Å². The van der Waals surface area contributed by atoms with Crippen LogP contribution in [0.1, 0.15) is 43.2 Å². The number of amides is 1. The number of nitrogens with zero attached hydrogens (tertiary/aromatic N) is 4. The average molecular weight is 521 g/mol. The molecule has 2 aliphatic heterocycles. The van der Waals surface area contributed by atoms with E-state index in [1.165, 1.54) is 0 Å². The van der Waals surface area contributed by atoms with Crippen molar-refractivity contribution in [3.8, 4) is 17.0 Å². The molecule has 0 bridgehead atoms. The molecule has 9 heteroatoms. The summed E-state index contributed by atoms with van der Waals surface area (Å²) < 4.78 is 18.6. The van der Waals surface area contributed by atoms with E-state index in [0.29, 0.717) is 29.5 Å². The molecule has 2 fully saturated rings. The molecular weight excluding hydrogens is 492 g/mol. The summed E-state index contributed by atoms with van der Waals surface area (Å²) in [4.78, 5) is 20.1. The molecule has 192 valence electrons. The quantitative estimate of drug-likeness (QED) is 0.312. The zero-order chi connectivity index (χ0) is 25.5. The first-order chi connectivity index (χ1) is 18.0. The molecule has 37 heavy (non-hydrogen) atoms. The maximum atomic E-state index is 13.1. The summed E-state index contributed by atoms with van der Waals surface area (Å²) >= 11 is 6.44. The third kappa shape index (κ3) is 4.49. The van der Waals surface area contributed by atoms with Gasteiger partial charge >= 0.3 is 0 Å². The van der Waals surface area contributed by atoms with Gasteiger partial charge in [0, 0.05) is 49.0 Å². The molecule has 2 aliphatic rings. The second-order valence-electron chi connectivity index (χ2n) is 9.81. The summed E-state index contributed by atoms with van der Waals surface area (Å²) in [7, 11) is 1.58. The van der Waals surface area contributed by atoms with Gasteiger partial charge in [-0.25, -0.2) is 4.98 Å². The molecule has 6 rings (SSSR count). The van der Waals surface area contributed by atoms with Crippen LogP contribution in [0.25, 0.3) is 22.2 Å². The number of benzene rings is 2. The van der Waals surface area contributed by atoms with Crippen LogP contribution in [0.2, 0.25) is 5.02 Å². The average Bonchev–Trinajstić information content (AvgIpc) is 3.61. The van der Waals surface area contributed by atoms with Gasteiger partial charge in [-0.15, -0.1) is 0 Å². The molecule has 2 saturated heterocycles. The van der Waals surface area contributed by atoms with E-state index in [0.717, 1.165) is 72.0 Å². The first-order valence-corrected chi connectivity index (χ1v) is 13.1. The fraction of sp³-hybridized carbons (Fsp3) is 0.393. The number of fused-ring (bicyclic) bond motifs is 1. The van der Waals surface area contributed by atoms with E-state index in [4.69, 9.17) is 30.6 Å². The molecule has 0 spiro atoms. The van der Waals surface area contributed by atoms with E-state index < -0.39 is 0 Å². The van der Waals surface area contributed by atoms with Crippen LogP contribution in [0.4, 0.5) is 5.69 Å². The first kappa shape index (κ1) is 24.0. The van der Waals surface area contributed by atoms with Crippen molar-refractivity contribution in [2.24, 2.45) is 5.92 Å². The van der Waals surface area contributed by atoms with Crippen LogP contribution in [0.15, 0.2) is 47.1 Å². The number of anilines is 1. The summed E-state index contributed by atoms with van der Waals surface area (Å²) in [5, 5.41) is 5.54. The number of ether oxygens (including phenoxy) is 2. The summed E-state index contributed by atoms with van der Waals surface area (Å²) in [6.07, 6.45) is 5.30. The molecule has 0 N–H and O–H groups in total. The second-order valence-corrected chi connectivity index (χ2v) is 10.2. The van der Waals surface area contributed by atoms with Crippen molar-refractivity contribution in [3.63, 3.8) is 0 Å². The van der Waals surface area contributed by atoms with Crippen LogP contribution in [0.3, 0.4) is 0 Å². The number of halogens is 1. The number of aryl methyl sites for hydroxylation is 1. The normalized spacial score (nSPS) is 18.7. The highest BCUT2D eigenvalue weighted by atomic mass is 35.5. The highest BCUT2D eigenvalue weighted by Gasteiger charge is 2.37. The van der Waals surface area contributed by atoms with Gasteiger partial charge in [0.25, 0.3) is 0 Å². The van der Waals surface area contributed by atoms with Gasteiger partial charge in [0.05, 0.1) is 29.6 Å². The SMILES string of the molecule is COc1ccc(N2C(=O)CC[C@H]2c2nc(-c3ccc4onc(C)c4c3)cn2CC2CCOCC2)cc1Cl. The minimum Gasteiger partial charge on any atom is -0.495 e. The van der Waals surface area contributed by atoms with Crippen LogP contribution in [0, 0.1) is 12.8 Å². The molecule has 2 aromatic carbocycles. The van der Waals surface area contributed by atoms with Crippen LogP contribution in [-0.4, -0.2) is 40.9 Å². The zero-order valence-corrected chi connectivity index (χ0v) is 21.7. The number of hydrogen-bond donors (Lipinski definition) is 0. The molecule has 1 amide bonds. The molecule has 2 aromatic heterocycles. The minimum absolute atomic E-state index is 0.0647. The topological polar surface area (TPSA) is 82.6 Å². The van der Waals surface area contributed by atoms with Crippen molar-refractivity contribution in [1.82, 2.24) is 14.7 Å². The molecule has 0 unspecified atom stereocenters. The monoisotopic (exact) mass is 520 g/mol. The van der Waals surface area contributed by atoms with Crippen molar-refractivity contribution in [1.29, 1.82) is 0 Å². The van der Waals surface area contributed by atoms with E-state index in [1.807, 2.05) is 30.0 Å². The van der Waals surface area contributed by atoms with Crippen molar-refractivity contribution < 1.29 is 18.8 Å². The molecule has 0 radical (unpaired) electrons. The Bertz CT molecular complexity index is 1460. The fourth-order valence-corrected chi connectivity index (χ4v) is 5.72. The van der Waals surface area contributed by atoms with Crippen LogP contribution in [-0.2, 0) is 16.1 Å². The Labute approximate surface area is 220 Å². The predicted molar refractivity (Wildman–Crippen MR) is 141 cm³/mol. The number of methoxy groups -OCH3 is 1. The Hall–Kier alpha value is -3.36. The van der Waals surface area contributed by atoms with E-state index in [2.05, 4.69) is 22.0 Å². The molecule has 1 atom stereocenters. The number of hydrogen-bond acceptors (Lipinski definition) is 6. The lowest BCUT2D eigenvalue weighted by Gasteiger charge is -2.27. The Kier molecular flexibility index (Phi) is 6.38. The molecule has 0 saturated carbocycles. The van der Waals surface area contributed by atoms with Crippen molar-refractivity contribution in [3.05, 3.63) is 59.1 Å². The summed E-state index contributed by atoms with van der Waals surface area (Å²) in [5.74, 6) is 2.03. The van der Waals surface area contributed by atoms with Gasteiger partial charge < -0.3 is 23.5 Å². The number of rotatable bonds is 6. The zero-order valence-electron chi connectivity index (χ0n) is 20.9. The van der Waals surface area contributed by atoms with Gasteiger partial charge in [-0.3, -0.25) is 4.79 Å². The van der Waals surface area contributed by atoms with E-state index >= 15 is 0 Å². The second kappa shape index (κ2) is 9.84. The lowest BCUT2D eigenvalue weighted by molar-refractivity contribution is -0.117. The predicted octanol–water partition coefficient (Wildman–Crippen LogP) is 5.96. The fourth-order valence-electron chi connectivity index (χ4n) is 5.46. The van der Waals surface area contributed by atoms with E-state index in [1.54, 1.807) is 19.2 Å². The summed E-state index contributed by atoms with van der Waals surface area (Å²) in [6, 6.07) is 11.3. The van der Waals surface area contributed by atoms with Gasteiger partial charge in [0.15, 0.2) is 5.58 Å². The Morgan fingerprint density at radius 3 is 2.76 bits per heavy atom. The van der Waals surface area contributed by atoms with Gasteiger partial charge in [-0.1, -0.05) is 16.8 Å².